The number of allylic oxidation sites excluding steroid dienone is 1. The molecule has 3 aliphatic rings. The summed E-state index contributed by atoms with van der Waals surface area (Å²) in [7, 11) is 1.36. The first kappa shape index (κ1) is 16.5. The Morgan fingerprint density at radius 1 is 1.52 bits per heavy atom. The van der Waals surface area contributed by atoms with Crippen LogP contribution in [-0.4, -0.2) is 38.2 Å². The van der Waals surface area contributed by atoms with E-state index < -0.39 is 0 Å². The summed E-state index contributed by atoms with van der Waals surface area (Å²) in [5, 5.41) is 3.03. The molecule has 1 heterocycles. The normalized spacial score (nSPS) is 39.1. The lowest BCUT2D eigenvalue weighted by Crippen LogP contribution is -2.40. The highest BCUT2D eigenvalue weighted by Gasteiger charge is 2.51. The Balaban J connectivity index is 1.74. The Hall–Kier alpha value is -1.36. The van der Waals surface area contributed by atoms with Gasteiger partial charge in [-0.05, 0) is 30.6 Å². The minimum Gasteiger partial charge on any atom is -0.468 e. The largest absolute Gasteiger partial charge is 0.468 e. The van der Waals surface area contributed by atoms with Crippen molar-refractivity contribution in [3.8, 4) is 0 Å². The maximum absolute atomic E-state index is 12.3. The summed E-state index contributed by atoms with van der Waals surface area (Å²) in [4.78, 5) is 23.5. The number of carbonyl (C=O) groups is 2. The van der Waals surface area contributed by atoms with Gasteiger partial charge in [0.2, 0.25) is 0 Å². The van der Waals surface area contributed by atoms with Gasteiger partial charge in [-0.25, -0.2) is 0 Å². The number of ether oxygens (including phenoxy) is 2. The monoisotopic (exact) mass is 321 g/mol. The third-order valence-corrected chi connectivity index (χ3v) is 5.94. The van der Waals surface area contributed by atoms with Crippen LogP contribution in [0.5, 0.6) is 0 Å². The van der Waals surface area contributed by atoms with Crippen LogP contribution in [0, 0.1) is 23.2 Å². The Labute approximate surface area is 137 Å². The second kappa shape index (κ2) is 6.27. The molecule has 5 atom stereocenters. The molecule has 0 bridgehead atoms. The first-order valence-corrected chi connectivity index (χ1v) is 8.65. The number of fused-ring (bicyclic) bond motifs is 2. The van der Waals surface area contributed by atoms with Gasteiger partial charge in [0.25, 0.3) is 0 Å². The summed E-state index contributed by atoms with van der Waals surface area (Å²) >= 11 is 0. The molecule has 23 heavy (non-hydrogen) atoms. The van der Waals surface area contributed by atoms with Gasteiger partial charge < -0.3 is 14.8 Å². The van der Waals surface area contributed by atoms with Crippen LogP contribution in [0.15, 0.2) is 11.6 Å². The first-order chi connectivity index (χ1) is 10.9. The summed E-state index contributed by atoms with van der Waals surface area (Å²) in [6, 6.07) is 0. The number of methoxy groups -OCH3 is 1. The summed E-state index contributed by atoms with van der Waals surface area (Å²) < 4.78 is 10.3. The van der Waals surface area contributed by atoms with Crippen LogP contribution in [0.2, 0.25) is 0 Å². The predicted molar refractivity (Wildman–Crippen MR) is 85.6 cm³/mol. The molecule has 0 aromatic heterocycles. The number of hydrogen-bond acceptors (Lipinski definition) is 5. The lowest BCUT2D eigenvalue weighted by Gasteiger charge is -2.46. The van der Waals surface area contributed by atoms with Crippen LogP contribution in [-0.2, 0) is 19.1 Å². The van der Waals surface area contributed by atoms with E-state index in [0.717, 1.165) is 6.42 Å². The smallest absolute Gasteiger partial charge is 0.319 e. The fourth-order valence-corrected chi connectivity index (χ4v) is 4.68. The van der Waals surface area contributed by atoms with Crippen molar-refractivity contribution in [2.24, 2.45) is 23.2 Å². The van der Waals surface area contributed by atoms with Crippen molar-refractivity contribution in [1.82, 2.24) is 5.32 Å². The molecule has 2 fully saturated rings. The van der Waals surface area contributed by atoms with E-state index in [2.05, 4.69) is 30.0 Å². The average molecular weight is 321 g/mol. The lowest BCUT2D eigenvalue weighted by molar-refractivity contribution is -0.145. The van der Waals surface area contributed by atoms with Crippen LogP contribution in [0.4, 0.5) is 0 Å². The van der Waals surface area contributed by atoms with Crippen molar-refractivity contribution in [2.75, 3.05) is 20.2 Å². The molecule has 1 aliphatic heterocycles. The molecule has 2 aliphatic carbocycles. The quantitative estimate of drug-likeness (QED) is 0.634. The molecular weight excluding hydrogens is 294 g/mol. The van der Waals surface area contributed by atoms with Gasteiger partial charge in [0.15, 0.2) is 0 Å². The van der Waals surface area contributed by atoms with Crippen LogP contribution in [0.1, 0.15) is 39.5 Å². The molecule has 5 heteroatoms. The van der Waals surface area contributed by atoms with Gasteiger partial charge in [-0.1, -0.05) is 31.9 Å². The van der Waals surface area contributed by atoms with E-state index >= 15 is 0 Å². The summed E-state index contributed by atoms with van der Waals surface area (Å²) in [6.45, 7) is 5.21. The van der Waals surface area contributed by atoms with Gasteiger partial charge in [0.05, 0.1) is 19.6 Å². The number of carbonyl (C=O) groups excluding carboxylic acids is 2. The molecule has 0 aromatic rings. The predicted octanol–water partition coefficient (Wildman–Crippen LogP) is 2.06. The Kier molecular flexibility index (Phi) is 4.50. The zero-order valence-electron chi connectivity index (χ0n) is 14.3. The minimum absolute atomic E-state index is 0.00789. The highest BCUT2D eigenvalue weighted by atomic mass is 16.6. The highest BCUT2D eigenvalue weighted by molar-refractivity contribution is 5.76. The van der Waals surface area contributed by atoms with Crippen molar-refractivity contribution in [3.63, 3.8) is 0 Å². The number of hydrogen-bond donors (Lipinski definition) is 1. The molecule has 128 valence electrons. The maximum Gasteiger partial charge on any atom is 0.319 e. The van der Waals surface area contributed by atoms with E-state index in [1.54, 1.807) is 0 Å². The molecule has 5 nitrogen and oxygen atoms in total. The Bertz CT molecular complexity index is 529. The van der Waals surface area contributed by atoms with Gasteiger partial charge >= 0.3 is 11.9 Å². The van der Waals surface area contributed by atoms with Crippen molar-refractivity contribution in [1.29, 1.82) is 0 Å². The van der Waals surface area contributed by atoms with Crippen LogP contribution >= 0.6 is 0 Å². The fourth-order valence-electron chi connectivity index (χ4n) is 4.68. The molecule has 1 saturated carbocycles. The fraction of sp³-hybridized carbons (Fsp3) is 0.778. The number of rotatable bonds is 4. The number of nitrogens with one attached hydrogen (secondary N) is 1. The SMILES string of the molecule is COC(=O)CNCC1C(=O)OC2CC3(C)CCCC(C)C3=CC21. The molecule has 5 unspecified atom stereocenters. The third-order valence-electron chi connectivity index (χ3n) is 5.94. The van der Waals surface area contributed by atoms with E-state index in [9.17, 15) is 9.59 Å². The van der Waals surface area contributed by atoms with Gasteiger partial charge in [-0.15, -0.1) is 0 Å². The van der Waals surface area contributed by atoms with Gasteiger partial charge in [-0.2, -0.15) is 0 Å². The van der Waals surface area contributed by atoms with E-state index in [1.807, 2.05) is 0 Å². The molecule has 0 radical (unpaired) electrons. The summed E-state index contributed by atoms with van der Waals surface area (Å²) in [6.07, 6.45) is 6.94. The molecule has 0 spiro atoms. The van der Waals surface area contributed by atoms with Crippen LogP contribution in [0.3, 0.4) is 0 Å². The zero-order chi connectivity index (χ0) is 16.6. The van der Waals surface area contributed by atoms with E-state index in [-0.39, 0.29) is 41.8 Å². The standard InChI is InChI=1S/C18H27NO4/c1-11-5-4-6-18(2)8-15-12(7-14(11)18)13(17(21)23-15)9-19-10-16(20)22-3/h7,11-13,15,19H,4-6,8-10H2,1-3H3. The lowest BCUT2D eigenvalue weighted by atomic mass is 9.59. The maximum atomic E-state index is 12.3. The van der Waals surface area contributed by atoms with E-state index in [1.165, 1.54) is 31.9 Å². The molecule has 1 saturated heterocycles. The Morgan fingerprint density at radius 2 is 2.30 bits per heavy atom. The van der Waals surface area contributed by atoms with Crippen molar-refractivity contribution in [3.05, 3.63) is 11.6 Å². The second-order valence-corrected chi connectivity index (χ2v) is 7.55. The third kappa shape index (κ3) is 3.03. The van der Waals surface area contributed by atoms with Crippen molar-refractivity contribution >= 4 is 11.9 Å². The van der Waals surface area contributed by atoms with E-state index in [0.29, 0.717) is 12.5 Å². The first-order valence-electron chi connectivity index (χ1n) is 8.65. The summed E-state index contributed by atoms with van der Waals surface area (Å²) in [5.41, 5.74) is 1.70. The molecule has 3 rings (SSSR count). The molecule has 1 N–H and O–H groups in total. The highest BCUT2D eigenvalue weighted by Crippen LogP contribution is 2.53. The van der Waals surface area contributed by atoms with E-state index in [4.69, 9.17) is 4.74 Å². The molecule has 0 aromatic carbocycles. The molecular formula is C18H27NO4. The average Bonchev–Trinajstić information content (AvgIpc) is 2.79. The van der Waals surface area contributed by atoms with Crippen LogP contribution < -0.4 is 5.32 Å². The topological polar surface area (TPSA) is 64.6 Å². The van der Waals surface area contributed by atoms with Gasteiger partial charge in [0.1, 0.15) is 6.10 Å². The second-order valence-electron chi connectivity index (χ2n) is 7.55. The van der Waals surface area contributed by atoms with Crippen LogP contribution in [0.25, 0.3) is 0 Å². The van der Waals surface area contributed by atoms with Crippen molar-refractivity contribution < 1.29 is 19.1 Å². The summed E-state index contributed by atoms with van der Waals surface area (Å²) in [5.74, 6) is 0.0775. The number of esters is 2. The Morgan fingerprint density at radius 3 is 3.04 bits per heavy atom. The minimum atomic E-state index is -0.316. The van der Waals surface area contributed by atoms with Gasteiger partial charge in [-0.3, -0.25) is 9.59 Å². The zero-order valence-corrected chi connectivity index (χ0v) is 14.3. The van der Waals surface area contributed by atoms with Crippen molar-refractivity contribution in [2.45, 2.75) is 45.6 Å². The molecule has 0 amide bonds. The van der Waals surface area contributed by atoms with Gasteiger partial charge in [0, 0.05) is 12.5 Å².